The summed E-state index contributed by atoms with van der Waals surface area (Å²) < 4.78 is 9.98. The first-order valence-electron chi connectivity index (χ1n) is 8.39. The van der Waals surface area contributed by atoms with Gasteiger partial charge in [0.1, 0.15) is 30.3 Å². The number of carbonyl (C=O) groups excluding carboxylic acids is 3. The lowest BCUT2D eigenvalue weighted by molar-refractivity contribution is -0.149. The van der Waals surface area contributed by atoms with Gasteiger partial charge in [0.25, 0.3) is 5.91 Å². The number of aliphatic carboxylic acids is 1. The maximum Gasteiger partial charge on any atom is 0.408 e. The molecule has 2 N–H and O–H groups in total. The number of carbonyl (C=O) groups is 4. The Morgan fingerprint density at radius 3 is 2.57 bits per heavy atom. The summed E-state index contributed by atoms with van der Waals surface area (Å²) >= 11 is 1.28. The number of rotatable bonds is 6. The Morgan fingerprint density at radius 2 is 1.93 bits per heavy atom. The van der Waals surface area contributed by atoms with E-state index < -0.39 is 35.4 Å². The molecule has 0 bridgehead atoms. The van der Waals surface area contributed by atoms with Gasteiger partial charge in [0.05, 0.1) is 0 Å². The van der Waals surface area contributed by atoms with Crippen molar-refractivity contribution in [2.24, 2.45) is 0 Å². The molecular weight excluding hydrogens is 388 g/mol. The summed E-state index contributed by atoms with van der Waals surface area (Å²) in [4.78, 5) is 48.2. The monoisotopic (exact) mass is 406 g/mol. The molecule has 10 heteroatoms. The Hall–Kier alpha value is -3.01. The highest BCUT2D eigenvalue weighted by Gasteiger charge is 2.54. The highest BCUT2D eigenvalue weighted by atomic mass is 32.2. The van der Waals surface area contributed by atoms with Gasteiger partial charge in [-0.3, -0.25) is 14.5 Å². The second kappa shape index (κ2) is 8.34. The molecular formula is C18H18N2O7S. The summed E-state index contributed by atoms with van der Waals surface area (Å²) in [6.45, 7) is 1.08. The minimum Gasteiger partial charge on any atom is -0.477 e. The van der Waals surface area contributed by atoms with E-state index in [2.05, 4.69) is 5.32 Å². The van der Waals surface area contributed by atoms with E-state index in [9.17, 15) is 24.3 Å². The van der Waals surface area contributed by atoms with Crippen molar-refractivity contribution in [2.75, 3.05) is 12.4 Å². The van der Waals surface area contributed by atoms with Crippen LogP contribution >= 0.6 is 11.8 Å². The van der Waals surface area contributed by atoms with Crippen molar-refractivity contribution in [3.63, 3.8) is 0 Å². The van der Waals surface area contributed by atoms with E-state index in [1.807, 2.05) is 18.2 Å². The Kier molecular flexibility index (Phi) is 5.88. The van der Waals surface area contributed by atoms with Crippen LogP contribution in [-0.2, 0) is 30.5 Å². The van der Waals surface area contributed by atoms with Gasteiger partial charge >= 0.3 is 18.0 Å². The SMILES string of the molecule is CC(=O)OCC1=C(C(=O)O)N2C(=O)C(NC(=O)OCc3ccccc3)[C@H]2SC1. The molecule has 0 saturated carbocycles. The van der Waals surface area contributed by atoms with Crippen molar-refractivity contribution < 1.29 is 33.8 Å². The molecule has 2 aliphatic heterocycles. The molecule has 1 saturated heterocycles. The Bertz CT molecular complexity index is 840. The second-order valence-corrected chi connectivity index (χ2v) is 7.24. The third kappa shape index (κ3) is 4.11. The zero-order chi connectivity index (χ0) is 20.3. The smallest absolute Gasteiger partial charge is 0.408 e. The number of esters is 1. The van der Waals surface area contributed by atoms with Crippen molar-refractivity contribution in [3.05, 3.63) is 47.2 Å². The van der Waals surface area contributed by atoms with Gasteiger partial charge in [-0.1, -0.05) is 30.3 Å². The number of hydrogen-bond donors (Lipinski definition) is 2. The quantitative estimate of drug-likeness (QED) is 0.532. The van der Waals surface area contributed by atoms with Gasteiger partial charge in [-0.25, -0.2) is 9.59 Å². The van der Waals surface area contributed by atoms with Gasteiger partial charge in [-0.15, -0.1) is 11.8 Å². The highest BCUT2D eigenvalue weighted by Crippen LogP contribution is 2.40. The van der Waals surface area contributed by atoms with E-state index in [4.69, 9.17) is 9.47 Å². The minimum atomic E-state index is -1.29. The molecule has 2 aliphatic rings. The van der Waals surface area contributed by atoms with E-state index in [0.29, 0.717) is 5.57 Å². The summed E-state index contributed by atoms with van der Waals surface area (Å²) in [6.07, 6.45) is -0.756. The van der Waals surface area contributed by atoms with Crippen LogP contribution < -0.4 is 5.32 Å². The summed E-state index contributed by atoms with van der Waals surface area (Å²) in [6, 6.07) is 8.20. The van der Waals surface area contributed by atoms with Crippen LogP contribution in [0.25, 0.3) is 0 Å². The first-order valence-corrected chi connectivity index (χ1v) is 9.44. The Balaban J connectivity index is 1.62. The first kappa shape index (κ1) is 19.7. The number of ether oxygens (including phenoxy) is 2. The number of carboxylic acids is 1. The molecule has 1 aromatic carbocycles. The molecule has 1 fully saturated rings. The van der Waals surface area contributed by atoms with Crippen LogP contribution in [0.3, 0.4) is 0 Å². The molecule has 9 nitrogen and oxygen atoms in total. The number of nitrogens with one attached hydrogen (secondary N) is 1. The van der Waals surface area contributed by atoms with Gasteiger partial charge < -0.3 is 19.9 Å². The molecule has 0 aromatic heterocycles. The van der Waals surface area contributed by atoms with Gasteiger partial charge in [-0.2, -0.15) is 0 Å². The first-order chi connectivity index (χ1) is 13.4. The predicted molar refractivity (Wildman–Crippen MR) is 97.9 cm³/mol. The van der Waals surface area contributed by atoms with Crippen LogP contribution in [0.15, 0.2) is 41.6 Å². The standard InChI is InChI=1S/C18H18N2O7S/c1-10(21)26-8-12-9-28-16-13(15(22)20(16)14(12)17(23)24)19-18(25)27-7-11-5-3-2-4-6-11/h2-6,13,16H,7-9H2,1H3,(H,19,25)(H,23,24)/t13?,16-/m1/s1. The lowest BCUT2D eigenvalue weighted by Crippen LogP contribution is -2.70. The topological polar surface area (TPSA) is 122 Å². The van der Waals surface area contributed by atoms with E-state index in [1.54, 1.807) is 12.1 Å². The fraction of sp³-hybridized carbons (Fsp3) is 0.333. The number of hydrogen-bond acceptors (Lipinski definition) is 7. The molecule has 2 heterocycles. The Labute approximate surface area is 164 Å². The lowest BCUT2D eigenvalue weighted by atomic mass is 10.0. The second-order valence-electron chi connectivity index (χ2n) is 6.13. The number of fused-ring (bicyclic) bond motifs is 1. The molecule has 0 radical (unpaired) electrons. The zero-order valence-corrected chi connectivity index (χ0v) is 15.7. The largest absolute Gasteiger partial charge is 0.477 e. The van der Waals surface area contributed by atoms with Crippen molar-refractivity contribution >= 4 is 35.7 Å². The van der Waals surface area contributed by atoms with Crippen LogP contribution in [-0.4, -0.2) is 57.7 Å². The van der Waals surface area contributed by atoms with E-state index in [-0.39, 0.29) is 24.7 Å². The number of alkyl carbamates (subject to hydrolysis) is 1. The molecule has 3 rings (SSSR count). The number of carboxylic acid groups (broad SMARTS) is 1. The number of nitrogens with zero attached hydrogens (tertiary/aromatic N) is 1. The predicted octanol–water partition coefficient (Wildman–Crippen LogP) is 1.10. The van der Waals surface area contributed by atoms with Crippen LogP contribution in [0.1, 0.15) is 12.5 Å². The molecule has 1 unspecified atom stereocenters. The lowest BCUT2D eigenvalue weighted by Gasteiger charge is -2.49. The molecule has 0 spiro atoms. The van der Waals surface area contributed by atoms with Crippen molar-refractivity contribution in [2.45, 2.75) is 24.9 Å². The maximum absolute atomic E-state index is 12.4. The normalized spacial score (nSPS) is 20.8. The number of thioether (sulfide) groups is 1. The fourth-order valence-electron chi connectivity index (χ4n) is 2.87. The van der Waals surface area contributed by atoms with Gasteiger partial charge in [0.15, 0.2) is 0 Å². The molecule has 0 aliphatic carbocycles. The van der Waals surface area contributed by atoms with Crippen LogP contribution in [0.4, 0.5) is 4.79 Å². The maximum atomic E-state index is 12.4. The van der Waals surface area contributed by atoms with Crippen molar-refractivity contribution in [1.82, 2.24) is 10.2 Å². The summed E-state index contributed by atoms with van der Waals surface area (Å²) in [5.41, 5.74) is 0.936. The van der Waals surface area contributed by atoms with E-state index in [1.165, 1.54) is 18.7 Å². The summed E-state index contributed by atoms with van der Waals surface area (Å²) in [7, 11) is 0. The van der Waals surface area contributed by atoms with Crippen molar-refractivity contribution in [1.29, 1.82) is 0 Å². The van der Waals surface area contributed by atoms with Crippen LogP contribution in [0.5, 0.6) is 0 Å². The van der Waals surface area contributed by atoms with E-state index in [0.717, 1.165) is 10.5 Å². The fourth-order valence-corrected chi connectivity index (χ4v) is 4.20. The molecule has 28 heavy (non-hydrogen) atoms. The minimum absolute atomic E-state index is 0.0575. The molecule has 148 valence electrons. The Morgan fingerprint density at radius 1 is 1.21 bits per heavy atom. The number of benzene rings is 1. The third-order valence-electron chi connectivity index (χ3n) is 4.19. The van der Waals surface area contributed by atoms with Gasteiger partial charge in [-0.05, 0) is 5.56 Å². The van der Waals surface area contributed by atoms with Crippen LogP contribution in [0, 0.1) is 0 Å². The highest BCUT2D eigenvalue weighted by molar-refractivity contribution is 8.00. The molecule has 1 aromatic rings. The summed E-state index contributed by atoms with van der Waals surface area (Å²) in [5, 5.41) is 11.4. The van der Waals surface area contributed by atoms with Gasteiger partial charge in [0.2, 0.25) is 0 Å². The molecule has 2 amide bonds. The number of amides is 2. The third-order valence-corrected chi connectivity index (χ3v) is 5.53. The average molecular weight is 406 g/mol. The molecule has 2 atom stereocenters. The summed E-state index contributed by atoms with van der Waals surface area (Å²) in [5.74, 6) is -2.11. The number of β-lactam (4-membered cyclic amide) rings is 1. The average Bonchev–Trinajstić information content (AvgIpc) is 2.68. The van der Waals surface area contributed by atoms with Gasteiger partial charge in [0, 0.05) is 18.2 Å². The van der Waals surface area contributed by atoms with Crippen molar-refractivity contribution in [3.8, 4) is 0 Å². The zero-order valence-electron chi connectivity index (χ0n) is 14.9. The van der Waals surface area contributed by atoms with Crippen LogP contribution in [0.2, 0.25) is 0 Å². The van der Waals surface area contributed by atoms with E-state index >= 15 is 0 Å².